The van der Waals surface area contributed by atoms with Gasteiger partial charge in [-0.15, -0.1) is 23.2 Å². The normalized spacial score (nSPS) is 9.69. The van der Waals surface area contributed by atoms with Crippen molar-refractivity contribution in [2.24, 2.45) is 0 Å². The topological polar surface area (TPSA) is 17.1 Å². The molecule has 0 radical (unpaired) electrons. The van der Waals surface area contributed by atoms with Crippen molar-refractivity contribution in [1.29, 1.82) is 0 Å². The second-order valence-electron chi connectivity index (χ2n) is 3.00. The first kappa shape index (κ1) is 13.0. The second-order valence-corrected chi connectivity index (χ2v) is 3.75. The summed E-state index contributed by atoms with van der Waals surface area (Å²) in [7, 11) is 0. The van der Waals surface area contributed by atoms with Gasteiger partial charge in [-0.05, 0) is 38.5 Å². The first-order valence-electron chi connectivity index (χ1n) is 4.70. The quantitative estimate of drug-likeness (QED) is 0.349. The third-order valence-electron chi connectivity index (χ3n) is 1.87. The summed E-state index contributed by atoms with van der Waals surface area (Å²) >= 11 is 11.1. The molecule has 13 heavy (non-hydrogen) atoms. The van der Waals surface area contributed by atoms with Gasteiger partial charge in [-0.2, -0.15) is 0 Å². The summed E-state index contributed by atoms with van der Waals surface area (Å²) in [6, 6.07) is 0. The van der Waals surface area contributed by atoms with Gasteiger partial charge in [0.15, 0.2) is 0 Å². The third kappa shape index (κ3) is 8.36. The number of unbranched alkanes of at least 4 members (excludes halogenated alkanes) is 2. The van der Waals surface area contributed by atoms with Crippen molar-refractivity contribution in [3.05, 3.63) is 5.57 Å². The van der Waals surface area contributed by atoms with Crippen molar-refractivity contribution < 1.29 is 4.79 Å². The van der Waals surface area contributed by atoms with Crippen molar-refractivity contribution in [3.63, 3.8) is 0 Å². The maximum atomic E-state index is 10.5. The van der Waals surface area contributed by atoms with Gasteiger partial charge in [0.2, 0.25) is 0 Å². The van der Waals surface area contributed by atoms with Crippen LogP contribution in [0.1, 0.15) is 38.5 Å². The van der Waals surface area contributed by atoms with Crippen molar-refractivity contribution >= 4 is 29.1 Å². The highest BCUT2D eigenvalue weighted by Crippen LogP contribution is 2.12. The van der Waals surface area contributed by atoms with E-state index in [1.165, 1.54) is 0 Å². The van der Waals surface area contributed by atoms with Gasteiger partial charge in [-0.3, -0.25) is 0 Å². The highest BCUT2D eigenvalue weighted by molar-refractivity contribution is 6.18. The first-order chi connectivity index (χ1) is 6.35. The van der Waals surface area contributed by atoms with Crippen LogP contribution >= 0.6 is 23.2 Å². The van der Waals surface area contributed by atoms with Crippen LogP contribution in [0.4, 0.5) is 0 Å². The first-order valence-corrected chi connectivity index (χ1v) is 5.76. The molecule has 0 unspecified atom stereocenters. The maximum absolute atomic E-state index is 10.5. The molecule has 0 aromatic carbocycles. The van der Waals surface area contributed by atoms with Gasteiger partial charge in [-0.1, -0.05) is 0 Å². The highest BCUT2D eigenvalue weighted by Gasteiger charge is 1.98. The summed E-state index contributed by atoms with van der Waals surface area (Å²) in [5.41, 5.74) is 0.884. The monoisotopic (exact) mass is 222 g/mol. The van der Waals surface area contributed by atoms with E-state index in [0.717, 1.165) is 44.1 Å². The Bertz CT molecular complexity index is 150. The lowest BCUT2D eigenvalue weighted by Gasteiger charge is -2.01. The van der Waals surface area contributed by atoms with Gasteiger partial charge in [0.25, 0.3) is 0 Å². The van der Waals surface area contributed by atoms with Crippen LogP contribution < -0.4 is 0 Å². The number of hydrogen-bond acceptors (Lipinski definition) is 1. The summed E-state index contributed by atoms with van der Waals surface area (Å²) in [6.45, 7) is 0. The van der Waals surface area contributed by atoms with Gasteiger partial charge < -0.3 is 0 Å². The second kappa shape index (κ2) is 10.1. The van der Waals surface area contributed by atoms with E-state index in [-0.39, 0.29) is 0 Å². The molecule has 0 aromatic heterocycles. The van der Waals surface area contributed by atoms with E-state index in [4.69, 9.17) is 23.2 Å². The SMILES string of the molecule is O=C=C(CCCCCl)CCCCCl. The zero-order valence-corrected chi connectivity index (χ0v) is 9.33. The number of halogens is 2. The zero-order chi connectivity index (χ0) is 9.94. The molecular formula is C10H16Cl2O. The van der Waals surface area contributed by atoms with Crippen LogP contribution in [0.15, 0.2) is 5.57 Å². The van der Waals surface area contributed by atoms with E-state index >= 15 is 0 Å². The molecule has 0 heterocycles. The molecule has 0 bridgehead atoms. The van der Waals surface area contributed by atoms with E-state index < -0.39 is 0 Å². The van der Waals surface area contributed by atoms with Crippen molar-refractivity contribution in [2.45, 2.75) is 38.5 Å². The predicted octanol–water partition coefficient (Wildman–Crippen LogP) is 3.56. The van der Waals surface area contributed by atoms with Crippen LogP contribution in [0.25, 0.3) is 0 Å². The molecule has 0 aromatic rings. The molecule has 0 aliphatic rings. The van der Waals surface area contributed by atoms with Crippen molar-refractivity contribution in [1.82, 2.24) is 0 Å². The Labute approximate surface area is 90.1 Å². The Balaban J connectivity index is 3.47. The molecule has 1 nitrogen and oxygen atoms in total. The van der Waals surface area contributed by atoms with Gasteiger partial charge >= 0.3 is 0 Å². The smallest absolute Gasteiger partial charge is 0.123 e. The maximum Gasteiger partial charge on any atom is 0.123 e. The molecule has 0 rings (SSSR count). The highest BCUT2D eigenvalue weighted by atomic mass is 35.5. The molecule has 3 heteroatoms. The summed E-state index contributed by atoms with van der Waals surface area (Å²) in [6.07, 6.45) is 5.63. The summed E-state index contributed by atoms with van der Waals surface area (Å²) < 4.78 is 0. The number of carbonyl (C=O) groups excluding carboxylic acids is 1. The molecule has 0 aliphatic heterocycles. The number of allylic oxidation sites excluding steroid dienone is 1. The number of rotatable bonds is 8. The van der Waals surface area contributed by atoms with Gasteiger partial charge in [0.1, 0.15) is 5.94 Å². The molecule has 0 spiro atoms. The van der Waals surface area contributed by atoms with E-state index in [2.05, 4.69) is 0 Å². The van der Waals surface area contributed by atoms with Crippen LogP contribution in [0.2, 0.25) is 0 Å². The average Bonchev–Trinajstić information content (AvgIpc) is 2.16. The summed E-state index contributed by atoms with van der Waals surface area (Å²) in [4.78, 5) is 10.5. The molecule has 0 N–H and O–H groups in total. The minimum Gasteiger partial charge on any atom is -0.234 e. The lowest BCUT2D eigenvalue weighted by molar-refractivity contribution is 0.562. The Hall–Kier alpha value is 0.0300. The van der Waals surface area contributed by atoms with Crippen molar-refractivity contribution in [2.75, 3.05) is 11.8 Å². The Morgan fingerprint density at radius 3 is 1.69 bits per heavy atom. The minimum absolute atomic E-state index is 0.674. The molecule has 0 saturated heterocycles. The minimum atomic E-state index is 0.674. The van der Waals surface area contributed by atoms with E-state index in [1.54, 1.807) is 0 Å². The molecule has 0 aliphatic carbocycles. The lowest BCUT2D eigenvalue weighted by atomic mass is 10.0. The molecule has 0 amide bonds. The molecule has 0 fully saturated rings. The number of hydrogen-bond donors (Lipinski definition) is 0. The molecule has 0 saturated carbocycles. The predicted molar refractivity (Wildman–Crippen MR) is 58.3 cm³/mol. The van der Waals surface area contributed by atoms with Gasteiger partial charge in [0.05, 0.1) is 0 Å². The van der Waals surface area contributed by atoms with E-state index in [9.17, 15) is 4.79 Å². The Morgan fingerprint density at radius 1 is 0.923 bits per heavy atom. The molecular weight excluding hydrogens is 207 g/mol. The van der Waals surface area contributed by atoms with E-state index in [1.807, 2.05) is 5.94 Å². The fraction of sp³-hybridized carbons (Fsp3) is 0.800. The fourth-order valence-electron chi connectivity index (χ4n) is 1.09. The van der Waals surface area contributed by atoms with Gasteiger partial charge in [0, 0.05) is 17.3 Å². The van der Waals surface area contributed by atoms with Crippen LogP contribution in [0.5, 0.6) is 0 Å². The van der Waals surface area contributed by atoms with Crippen LogP contribution in [0, 0.1) is 0 Å². The average molecular weight is 223 g/mol. The summed E-state index contributed by atoms with van der Waals surface area (Å²) in [5.74, 6) is 3.35. The van der Waals surface area contributed by atoms with E-state index in [0.29, 0.717) is 11.8 Å². The lowest BCUT2D eigenvalue weighted by Crippen LogP contribution is -1.88. The largest absolute Gasteiger partial charge is 0.234 e. The fourth-order valence-corrected chi connectivity index (χ4v) is 1.47. The zero-order valence-electron chi connectivity index (χ0n) is 7.82. The number of alkyl halides is 2. The van der Waals surface area contributed by atoms with Crippen LogP contribution in [-0.2, 0) is 4.79 Å². The molecule has 0 atom stereocenters. The summed E-state index contributed by atoms with van der Waals surface area (Å²) in [5, 5.41) is 0. The standard InChI is InChI=1S/C10H16Cl2O/c11-7-3-1-5-10(9-13)6-2-4-8-12/h1-8H2. The van der Waals surface area contributed by atoms with Gasteiger partial charge in [-0.25, -0.2) is 4.79 Å². The molecule has 76 valence electrons. The Kier molecular flexibility index (Phi) is 10.1. The van der Waals surface area contributed by atoms with Crippen LogP contribution in [-0.4, -0.2) is 17.7 Å². The Morgan fingerprint density at radius 2 is 1.38 bits per heavy atom. The van der Waals surface area contributed by atoms with Crippen LogP contribution in [0.3, 0.4) is 0 Å². The van der Waals surface area contributed by atoms with Crippen molar-refractivity contribution in [3.8, 4) is 0 Å². The third-order valence-corrected chi connectivity index (χ3v) is 2.40.